The van der Waals surface area contributed by atoms with Crippen LogP contribution in [0.5, 0.6) is 0 Å². The van der Waals surface area contributed by atoms with Crippen molar-refractivity contribution in [2.45, 2.75) is 65.1 Å². The number of aryl methyl sites for hydroxylation is 1. The first-order valence-electron chi connectivity index (χ1n) is 10.2. The van der Waals surface area contributed by atoms with E-state index < -0.39 is 5.60 Å². The summed E-state index contributed by atoms with van der Waals surface area (Å²) in [5.41, 5.74) is 4.07. The summed E-state index contributed by atoms with van der Waals surface area (Å²) in [5.74, 6) is 0.131. The van der Waals surface area contributed by atoms with E-state index in [0.29, 0.717) is 26.1 Å². The molecule has 3 rings (SSSR count). The topological polar surface area (TPSA) is 59.1 Å². The van der Waals surface area contributed by atoms with Gasteiger partial charge in [-0.2, -0.15) is 0 Å². The van der Waals surface area contributed by atoms with Gasteiger partial charge in [0.25, 0.3) is 0 Å². The molecule has 0 bridgehead atoms. The molecule has 2 heterocycles. The number of anilines is 1. The molecule has 2 amide bonds. The lowest BCUT2D eigenvalue weighted by Crippen LogP contribution is -2.40. The summed E-state index contributed by atoms with van der Waals surface area (Å²) in [5, 5.41) is 0. The van der Waals surface area contributed by atoms with Crippen LogP contribution in [0.4, 0.5) is 10.5 Å². The van der Waals surface area contributed by atoms with Gasteiger partial charge in [0.1, 0.15) is 5.60 Å². The molecule has 29 heavy (non-hydrogen) atoms. The summed E-state index contributed by atoms with van der Waals surface area (Å²) in [6, 6.07) is 2.23. The van der Waals surface area contributed by atoms with Gasteiger partial charge < -0.3 is 19.3 Å². The van der Waals surface area contributed by atoms with Gasteiger partial charge in [-0.3, -0.25) is 4.79 Å². The van der Waals surface area contributed by atoms with Gasteiger partial charge in [0.2, 0.25) is 5.91 Å². The van der Waals surface area contributed by atoms with E-state index >= 15 is 0 Å². The minimum Gasteiger partial charge on any atom is -0.444 e. The zero-order valence-corrected chi connectivity index (χ0v) is 19.6. The van der Waals surface area contributed by atoms with Gasteiger partial charge in [0.05, 0.1) is 18.3 Å². The molecule has 1 aromatic carbocycles. The maximum absolute atomic E-state index is 12.7. The Morgan fingerprint density at radius 2 is 1.86 bits per heavy atom. The Labute approximate surface area is 181 Å². The third-order valence-corrected chi connectivity index (χ3v) is 6.32. The predicted octanol–water partition coefficient (Wildman–Crippen LogP) is 4.10. The van der Waals surface area contributed by atoms with Gasteiger partial charge in [-0.25, -0.2) is 4.79 Å². The van der Waals surface area contributed by atoms with Crippen LogP contribution in [-0.4, -0.2) is 55.3 Å². The SMILES string of the molecule is CO[C@@H](C)CN1C(=O)CCc2cc3c(c(Br)c21)CCN(C(=O)OC(C)(C)C)CC3. The zero-order chi connectivity index (χ0) is 21.3. The number of methoxy groups -OCH3 is 1. The number of nitrogens with zero attached hydrogens (tertiary/aromatic N) is 2. The summed E-state index contributed by atoms with van der Waals surface area (Å²) >= 11 is 3.80. The van der Waals surface area contributed by atoms with Crippen LogP contribution in [0, 0.1) is 0 Å². The number of hydrogen-bond donors (Lipinski definition) is 0. The van der Waals surface area contributed by atoms with E-state index in [-0.39, 0.29) is 18.1 Å². The molecule has 0 aromatic heterocycles. The number of hydrogen-bond acceptors (Lipinski definition) is 4. The van der Waals surface area contributed by atoms with Gasteiger partial charge in [-0.1, -0.05) is 6.07 Å². The molecule has 6 nitrogen and oxygen atoms in total. The summed E-state index contributed by atoms with van der Waals surface area (Å²) < 4.78 is 11.9. The molecule has 2 aliphatic heterocycles. The molecule has 2 aliphatic rings. The van der Waals surface area contributed by atoms with E-state index in [2.05, 4.69) is 22.0 Å². The minimum absolute atomic E-state index is 0.0433. The van der Waals surface area contributed by atoms with Crippen LogP contribution >= 0.6 is 15.9 Å². The Morgan fingerprint density at radius 1 is 1.17 bits per heavy atom. The first-order chi connectivity index (χ1) is 13.6. The number of ether oxygens (including phenoxy) is 2. The Kier molecular flexibility index (Phi) is 6.58. The van der Waals surface area contributed by atoms with E-state index in [0.717, 1.165) is 29.4 Å². The highest BCUT2D eigenvalue weighted by molar-refractivity contribution is 9.10. The van der Waals surface area contributed by atoms with Crippen molar-refractivity contribution in [3.05, 3.63) is 27.2 Å². The van der Waals surface area contributed by atoms with Crippen molar-refractivity contribution in [2.24, 2.45) is 0 Å². The van der Waals surface area contributed by atoms with Crippen LogP contribution < -0.4 is 4.90 Å². The lowest BCUT2D eigenvalue weighted by atomic mass is 9.93. The van der Waals surface area contributed by atoms with Crippen molar-refractivity contribution >= 4 is 33.6 Å². The molecule has 7 heteroatoms. The largest absolute Gasteiger partial charge is 0.444 e. The molecule has 0 radical (unpaired) electrons. The average Bonchev–Trinajstić information content (AvgIpc) is 2.85. The fraction of sp³-hybridized carbons (Fsp3) is 0.636. The quantitative estimate of drug-likeness (QED) is 0.672. The summed E-state index contributed by atoms with van der Waals surface area (Å²) in [6.07, 6.45) is 2.45. The number of halogens is 1. The monoisotopic (exact) mass is 466 g/mol. The first-order valence-corrected chi connectivity index (χ1v) is 11.0. The fourth-order valence-corrected chi connectivity index (χ4v) is 4.84. The second kappa shape index (κ2) is 8.64. The van der Waals surface area contributed by atoms with Crippen molar-refractivity contribution in [1.29, 1.82) is 0 Å². The van der Waals surface area contributed by atoms with E-state index in [1.807, 2.05) is 32.6 Å². The minimum atomic E-state index is -0.505. The van der Waals surface area contributed by atoms with Crippen molar-refractivity contribution < 1.29 is 19.1 Å². The van der Waals surface area contributed by atoms with Gasteiger partial charge in [-0.05, 0) is 79.6 Å². The number of amides is 2. The highest BCUT2D eigenvalue weighted by atomic mass is 79.9. The molecule has 0 saturated carbocycles. The van der Waals surface area contributed by atoms with Crippen LogP contribution in [0.1, 0.15) is 50.8 Å². The third-order valence-electron chi connectivity index (χ3n) is 5.47. The Balaban J connectivity index is 1.89. The number of carbonyl (C=O) groups is 2. The average molecular weight is 467 g/mol. The second-order valence-corrected chi connectivity index (χ2v) is 9.65. The van der Waals surface area contributed by atoms with E-state index in [1.54, 1.807) is 12.0 Å². The highest BCUT2D eigenvalue weighted by Crippen LogP contribution is 2.40. The van der Waals surface area contributed by atoms with Gasteiger partial charge in [-0.15, -0.1) is 0 Å². The molecule has 0 spiro atoms. The van der Waals surface area contributed by atoms with E-state index in [1.165, 1.54) is 16.7 Å². The number of carbonyl (C=O) groups excluding carboxylic acids is 2. The molecule has 0 N–H and O–H groups in total. The van der Waals surface area contributed by atoms with Gasteiger partial charge in [0.15, 0.2) is 0 Å². The Bertz CT molecular complexity index is 803. The number of benzene rings is 1. The highest BCUT2D eigenvalue weighted by Gasteiger charge is 2.31. The second-order valence-electron chi connectivity index (χ2n) is 8.85. The third kappa shape index (κ3) is 4.94. The maximum atomic E-state index is 12.7. The first kappa shape index (κ1) is 22.1. The van der Waals surface area contributed by atoms with Crippen molar-refractivity contribution in [2.75, 3.05) is 31.6 Å². The molecule has 0 saturated heterocycles. The van der Waals surface area contributed by atoms with Crippen LogP contribution in [-0.2, 0) is 33.5 Å². The molecular formula is C22H31BrN2O4. The normalized spacial score (nSPS) is 18.1. The predicted molar refractivity (Wildman–Crippen MR) is 117 cm³/mol. The molecule has 160 valence electrons. The molecule has 0 fully saturated rings. The number of rotatable bonds is 3. The summed E-state index contributed by atoms with van der Waals surface area (Å²) in [6.45, 7) is 9.39. The van der Waals surface area contributed by atoms with Crippen LogP contribution in [0.15, 0.2) is 10.5 Å². The van der Waals surface area contributed by atoms with Crippen molar-refractivity contribution in [3.63, 3.8) is 0 Å². The Morgan fingerprint density at radius 3 is 2.52 bits per heavy atom. The number of fused-ring (bicyclic) bond motifs is 2. The van der Waals surface area contributed by atoms with Gasteiger partial charge in [0, 0.05) is 31.1 Å². The van der Waals surface area contributed by atoms with Crippen LogP contribution in [0.25, 0.3) is 0 Å². The van der Waals surface area contributed by atoms with Crippen LogP contribution in [0.2, 0.25) is 0 Å². The van der Waals surface area contributed by atoms with Crippen molar-refractivity contribution in [1.82, 2.24) is 4.90 Å². The lowest BCUT2D eigenvalue weighted by Gasteiger charge is -2.33. The molecule has 0 aliphatic carbocycles. The molecule has 0 unspecified atom stereocenters. The standard InChI is InChI=1S/C22H31BrN2O4/c1-14(28-5)13-25-18(26)7-6-16-12-15-8-10-24(21(27)29-22(2,3)4)11-9-17(15)19(23)20(16)25/h12,14H,6-11,13H2,1-5H3/t14-/m0/s1. The van der Waals surface area contributed by atoms with Gasteiger partial charge >= 0.3 is 6.09 Å². The molecule has 1 atom stereocenters. The summed E-state index contributed by atoms with van der Waals surface area (Å²) in [7, 11) is 1.66. The zero-order valence-electron chi connectivity index (χ0n) is 18.0. The van der Waals surface area contributed by atoms with E-state index in [4.69, 9.17) is 9.47 Å². The lowest BCUT2D eigenvalue weighted by molar-refractivity contribution is -0.119. The smallest absolute Gasteiger partial charge is 0.410 e. The summed E-state index contributed by atoms with van der Waals surface area (Å²) in [4.78, 5) is 28.8. The van der Waals surface area contributed by atoms with Crippen molar-refractivity contribution in [3.8, 4) is 0 Å². The maximum Gasteiger partial charge on any atom is 0.410 e. The van der Waals surface area contributed by atoms with E-state index in [9.17, 15) is 9.59 Å². The molecular weight excluding hydrogens is 436 g/mol. The molecule has 1 aromatic rings. The Hall–Kier alpha value is -1.60. The fourth-order valence-electron chi connectivity index (χ4n) is 3.92. The van der Waals surface area contributed by atoms with Crippen LogP contribution in [0.3, 0.4) is 0 Å².